The maximum Gasteiger partial charge on any atom is 0.124 e. The lowest BCUT2D eigenvalue weighted by Crippen LogP contribution is -2.37. The molecule has 0 radical (unpaired) electrons. The first-order chi connectivity index (χ1) is 14.8. The predicted octanol–water partition coefficient (Wildman–Crippen LogP) is 5.83. The molecule has 2 aliphatic rings. The smallest absolute Gasteiger partial charge is 0.124 e. The predicted molar refractivity (Wildman–Crippen MR) is 125 cm³/mol. The highest BCUT2D eigenvalue weighted by Crippen LogP contribution is 2.58. The van der Waals surface area contributed by atoms with Gasteiger partial charge in [0.1, 0.15) is 5.75 Å². The molecule has 0 bridgehead atoms. The fourth-order valence-electron chi connectivity index (χ4n) is 5.42. The van der Waals surface area contributed by atoms with Crippen LogP contribution in [0.25, 0.3) is 10.9 Å². The van der Waals surface area contributed by atoms with Crippen molar-refractivity contribution in [2.75, 3.05) is 13.7 Å². The van der Waals surface area contributed by atoms with Gasteiger partial charge in [0.25, 0.3) is 0 Å². The van der Waals surface area contributed by atoms with Gasteiger partial charge in [-0.3, -0.25) is 4.90 Å². The zero-order valence-corrected chi connectivity index (χ0v) is 19.2. The van der Waals surface area contributed by atoms with Gasteiger partial charge in [0, 0.05) is 35.2 Å². The summed E-state index contributed by atoms with van der Waals surface area (Å²) in [7, 11) is 1.78. The van der Waals surface area contributed by atoms with E-state index in [9.17, 15) is 5.11 Å². The van der Waals surface area contributed by atoms with Crippen LogP contribution >= 0.6 is 0 Å². The summed E-state index contributed by atoms with van der Waals surface area (Å²) < 4.78 is 5.82. The second kappa shape index (κ2) is 7.39. The standard InChI is InChI=1S/C27H34N2O2/c1-18-15-24(31-4)22(21-9-13-28-25(18)21)17-29-14-12-27(10-11-27)16-23(29)19-5-7-20(8-6-19)26(2,3)30/h5-9,13,15,23,28,30H,10-12,14,16-17H2,1-4H3. The summed E-state index contributed by atoms with van der Waals surface area (Å²) >= 11 is 0. The molecule has 164 valence electrons. The number of nitrogens with zero attached hydrogens (tertiary/aromatic N) is 1. The topological polar surface area (TPSA) is 48.5 Å². The lowest BCUT2D eigenvalue weighted by molar-refractivity contribution is 0.0781. The zero-order valence-electron chi connectivity index (χ0n) is 19.2. The molecule has 1 aliphatic carbocycles. The number of ether oxygens (including phenoxy) is 1. The van der Waals surface area contributed by atoms with Crippen molar-refractivity contribution in [1.82, 2.24) is 9.88 Å². The number of aromatic amines is 1. The van der Waals surface area contributed by atoms with Gasteiger partial charge in [-0.05, 0) is 87.2 Å². The van der Waals surface area contributed by atoms with Gasteiger partial charge < -0.3 is 14.8 Å². The molecule has 2 aromatic carbocycles. The number of methoxy groups -OCH3 is 1. The molecule has 4 nitrogen and oxygen atoms in total. The molecule has 1 spiro atoms. The lowest BCUT2D eigenvalue weighted by Gasteiger charge is -2.41. The SMILES string of the molecule is COc1cc(C)c2[nH]ccc2c1CN1CCC2(CC2)CC1c1ccc(C(C)(C)O)cc1. The average molecular weight is 419 g/mol. The Hall–Kier alpha value is -2.30. The quantitative estimate of drug-likeness (QED) is 0.548. The van der Waals surface area contributed by atoms with Crippen molar-refractivity contribution >= 4 is 10.9 Å². The third-order valence-electron chi connectivity index (χ3n) is 7.65. The fourth-order valence-corrected chi connectivity index (χ4v) is 5.42. The van der Waals surface area contributed by atoms with Crippen molar-refractivity contribution in [2.24, 2.45) is 5.41 Å². The van der Waals surface area contributed by atoms with Gasteiger partial charge in [0.2, 0.25) is 0 Å². The fraction of sp³-hybridized carbons (Fsp3) is 0.481. The Kier molecular flexibility index (Phi) is 4.91. The van der Waals surface area contributed by atoms with Gasteiger partial charge in [-0.15, -0.1) is 0 Å². The number of aromatic nitrogens is 1. The molecule has 0 amide bonds. The van der Waals surface area contributed by atoms with E-state index in [4.69, 9.17) is 4.74 Å². The molecule has 1 saturated heterocycles. The van der Waals surface area contributed by atoms with Crippen LogP contribution in [-0.2, 0) is 12.1 Å². The maximum absolute atomic E-state index is 10.4. The van der Waals surface area contributed by atoms with Crippen molar-refractivity contribution in [1.29, 1.82) is 0 Å². The second-order valence-corrected chi connectivity index (χ2v) is 10.3. The first-order valence-electron chi connectivity index (χ1n) is 11.5. The van der Waals surface area contributed by atoms with Gasteiger partial charge in [-0.2, -0.15) is 0 Å². The third-order valence-corrected chi connectivity index (χ3v) is 7.65. The summed E-state index contributed by atoms with van der Waals surface area (Å²) in [5.41, 5.74) is 5.76. The van der Waals surface area contributed by atoms with Gasteiger partial charge >= 0.3 is 0 Å². The van der Waals surface area contributed by atoms with Gasteiger partial charge in [-0.25, -0.2) is 0 Å². The van der Waals surface area contributed by atoms with Crippen molar-refractivity contribution in [3.63, 3.8) is 0 Å². The first kappa shape index (κ1) is 20.6. The summed E-state index contributed by atoms with van der Waals surface area (Å²) in [6.07, 6.45) is 7.28. The van der Waals surface area contributed by atoms with Crippen LogP contribution in [0, 0.1) is 12.3 Å². The van der Waals surface area contributed by atoms with E-state index in [1.807, 2.05) is 20.0 Å². The zero-order chi connectivity index (χ0) is 21.8. The number of benzene rings is 2. The molecule has 31 heavy (non-hydrogen) atoms. The Bertz CT molecular complexity index is 1090. The summed E-state index contributed by atoms with van der Waals surface area (Å²) in [5.74, 6) is 0.979. The van der Waals surface area contributed by atoms with Crippen LogP contribution in [0.3, 0.4) is 0 Å². The Labute approximate surface area is 185 Å². The molecular formula is C27H34N2O2. The number of rotatable bonds is 5. The number of likely N-dealkylation sites (tertiary alicyclic amines) is 1. The van der Waals surface area contributed by atoms with E-state index in [0.29, 0.717) is 11.5 Å². The van der Waals surface area contributed by atoms with Gasteiger partial charge in [0.15, 0.2) is 0 Å². The molecule has 2 N–H and O–H groups in total. The Morgan fingerprint density at radius 2 is 1.90 bits per heavy atom. The number of piperidine rings is 1. The molecule has 3 aromatic rings. The van der Waals surface area contributed by atoms with Crippen LogP contribution in [0.4, 0.5) is 0 Å². The first-order valence-corrected chi connectivity index (χ1v) is 11.5. The summed E-state index contributed by atoms with van der Waals surface area (Å²) in [5, 5.41) is 11.6. The third kappa shape index (κ3) is 3.77. The van der Waals surface area contributed by atoms with Crippen molar-refractivity contribution < 1.29 is 9.84 Å². The molecule has 2 fully saturated rings. The minimum absolute atomic E-state index is 0.395. The number of aliphatic hydroxyl groups is 1. The van der Waals surface area contributed by atoms with E-state index in [2.05, 4.69) is 53.2 Å². The van der Waals surface area contributed by atoms with Crippen LogP contribution in [0.1, 0.15) is 67.8 Å². The maximum atomic E-state index is 10.4. The minimum atomic E-state index is -0.808. The molecule has 2 heterocycles. The number of fused-ring (bicyclic) bond motifs is 1. The highest BCUT2D eigenvalue weighted by Gasteiger charge is 2.48. The van der Waals surface area contributed by atoms with E-state index in [-0.39, 0.29) is 0 Å². The van der Waals surface area contributed by atoms with Crippen LogP contribution in [0.5, 0.6) is 5.75 Å². The largest absolute Gasteiger partial charge is 0.496 e. The minimum Gasteiger partial charge on any atom is -0.496 e. The van der Waals surface area contributed by atoms with Crippen molar-refractivity contribution in [3.8, 4) is 5.75 Å². The Morgan fingerprint density at radius 3 is 2.55 bits per heavy atom. The number of hydrogen-bond acceptors (Lipinski definition) is 3. The Morgan fingerprint density at radius 1 is 1.16 bits per heavy atom. The van der Waals surface area contributed by atoms with E-state index in [1.165, 1.54) is 53.3 Å². The molecular weight excluding hydrogens is 384 g/mol. The van der Waals surface area contributed by atoms with Crippen LogP contribution in [0.15, 0.2) is 42.6 Å². The highest BCUT2D eigenvalue weighted by molar-refractivity contribution is 5.88. The van der Waals surface area contributed by atoms with Gasteiger partial charge in [-0.1, -0.05) is 24.3 Å². The normalized spacial score (nSPS) is 21.0. The molecule has 5 rings (SSSR count). The van der Waals surface area contributed by atoms with Crippen LogP contribution in [-0.4, -0.2) is 28.6 Å². The van der Waals surface area contributed by atoms with Crippen molar-refractivity contribution in [2.45, 2.75) is 64.6 Å². The van der Waals surface area contributed by atoms with E-state index >= 15 is 0 Å². The summed E-state index contributed by atoms with van der Waals surface area (Å²) in [4.78, 5) is 6.05. The lowest BCUT2D eigenvalue weighted by atomic mass is 9.83. The molecule has 1 aromatic heterocycles. The molecule has 4 heteroatoms. The highest BCUT2D eigenvalue weighted by atomic mass is 16.5. The monoisotopic (exact) mass is 418 g/mol. The molecule has 1 aliphatic heterocycles. The Balaban J connectivity index is 1.50. The number of nitrogens with one attached hydrogen (secondary N) is 1. The number of hydrogen-bond donors (Lipinski definition) is 2. The van der Waals surface area contributed by atoms with E-state index in [0.717, 1.165) is 24.4 Å². The average Bonchev–Trinajstić information content (AvgIpc) is 3.30. The number of H-pyrrole nitrogens is 1. The van der Waals surface area contributed by atoms with E-state index < -0.39 is 5.60 Å². The number of aryl methyl sites for hydroxylation is 1. The van der Waals surface area contributed by atoms with Gasteiger partial charge in [0.05, 0.1) is 12.7 Å². The molecule has 1 unspecified atom stereocenters. The summed E-state index contributed by atoms with van der Waals surface area (Å²) in [6.45, 7) is 7.82. The summed E-state index contributed by atoms with van der Waals surface area (Å²) in [6, 6.07) is 13.4. The molecule has 1 atom stereocenters. The van der Waals surface area contributed by atoms with Crippen LogP contribution < -0.4 is 4.74 Å². The van der Waals surface area contributed by atoms with Crippen LogP contribution in [0.2, 0.25) is 0 Å². The van der Waals surface area contributed by atoms with Crippen molar-refractivity contribution in [3.05, 3.63) is 64.8 Å². The molecule has 1 saturated carbocycles. The van der Waals surface area contributed by atoms with E-state index in [1.54, 1.807) is 7.11 Å². The second-order valence-electron chi connectivity index (χ2n) is 10.3.